The molecule has 7 nitrogen and oxygen atoms in total. The lowest BCUT2D eigenvalue weighted by molar-refractivity contribution is -0.146. The molecule has 2 heterocycles. The summed E-state index contributed by atoms with van der Waals surface area (Å²) in [6.07, 6.45) is -1.33. The molecule has 3 aromatic carbocycles. The Bertz CT molecular complexity index is 1710. The molecule has 0 aliphatic rings. The van der Waals surface area contributed by atoms with Crippen molar-refractivity contribution in [2.45, 2.75) is 57.8 Å². The summed E-state index contributed by atoms with van der Waals surface area (Å²) in [5.41, 5.74) is 2.35. The van der Waals surface area contributed by atoms with Gasteiger partial charge in [-0.2, -0.15) is 13.2 Å². The number of rotatable bonds is 13. The molecule has 0 aliphatic heterocycles. The molecular weight excluding hydrogens is 543 g/mol. The molecule has 0 saturated carbocycles. The Balaban J connectivity index is 1.35. The van der Waals surface area contributed by atoms with Crippen molar-refractivity contribution in [1.82, 2.24) is 24.8 Å². The number of para-hydroxylation sites is 2. The molecule has 0 amide bonds. The molecule has 0 radical (unpaired) electrons. The zero-order valence-corrected chi connectivity index (χ0v) is 23.2. The van der Waals surface area contributed by atoms with Crippen molar-refractivity contribution in [3.05, 3.63) is 84.6 Å². The summed E-state index contributed by atoms with van der Waals surface area (Å²) in [6.45, 7) is 1.92. The van der Waals surface area contributed by atoms with E-state index < -0.39 is 18.0 Å². The summed E-state index contributed by atoms with van der Waals surface area (Å²) < 4.78 is 42.5. The number of alkyl halides is 3. The van der Waals surface area contributed by atoms with Gasteiger partial charge in [-0.25, -0.2) is 9.97 Å². The molecule has 5 rings (SSSR count). The highest BCUT2D eigenvalue weighted by molar-refractivity contribution is 5.86. The van der Waals surface area contributed by atoms with E-state index in [2.05, 4.69) is 20.3 Å². The standard InChI is InChI=1S/C32H32F3N5O2/c1-2-24(41)10-7-11-25(42)19-27(30-37-20-28(38-30)23-15-14-21-8-3-4-9-22(21)18-23)36-16-17-40-29-13-6-5-12-26(29)39-31(40)32(33,34)35/h3-6,8-9,12-15,18,20,27,36H,2,7,10-11,16-17,19H2,1H3,(H,37,38)/t27-/m0/s1. The van der Waals surface area contributed by atoms with Gasteiger partial charge in [0, 0.05) is 44.3 Å². The number of ketones is 2. The van der Waals surface area contributed by atoms with Gasteiger partial charge in [0.2, 0.25) is 5.82 Å². The second-order valence-corrected chi connectivity index (χ2v) is 10.3. The Labute approximate surface area is 241 Å². The van der Waals surface area contributed by atoms with Crippen molar-refractivity contribution in [3.8, 4) is 11.3 Å². The number of aromatic amines is 1. The lowest BCUT2D eigenvalue weighted by Gasteiger charge is -2.18. The van der Waals surface area contributed by atoms with Crippen LogP contribution in [-0.4, -0.2) is 37.6 Å². The molecular formula is C32H32F3N5O2. The maximum Gasteiger partial charge on any atom is 0.449 e. The van der Waals surface area contributed by atoms with Crippen LogP contribution in [0.4, 0.5) is 13.2 Å². The van der Waals surface area contributed by atoms with Crippen molar-refractivity contribution in [2.75, 3.05) is 6.54 Å². The number of H-pyrrole nitrogens is 1. The molecule has 218 valence electrons. The first-order chi connectivity index (χ1) is 20.2. The van der Waals surface area contributed by atoms with E-state index >= 15 is 0 Å². The van der Waals surface area contributed by atoms with Gasteiger partial charge in [0.25, 0.3) is 0 Å². The Morgan fingerprint density at radius 1 is 0.976 bits per heavy atom. The summed E-state index contributed by atoms with van der Waals surface area (Å²) in [5, 5.41) is 5.44. The van der Waals surface area contributed by atoms with Crippen LogP contribution in [0.2, 0.25) is 0 Å². The molecule has 0 bridgehead atoms. The van der Waals surface area contributed by atoms with Gasteiger partial charge < -0.3 is 14.9 Å². The maximum absolute atomic E-state index is 13.8. The lowest BCUT2D eigenvalue weighted by atomic mass is 10.0. The van der Waals surface area contributed by atoms with Gasteiger partial charge in [0.1, 0.15) is 17.4 Å². The number of fused-ring (bicyclic) bond motifs is 2. The van der Waals surface area contributed by atoms with Crippen molar-refractivity contribution >= 4 is 33.4 Å². The van der Waals surface area contributed by atoms with Gasteiger partial charge in [-0.05, 0) is 35.4 Å². The monoisotopic (exact) mass is 575 g/mol. The molecule has 0 saturated heterocycles. The fraction of sp³-hybridized carbons (Fsp3) is 0.312. The number of hydrogen-bond acceptors (Lipinski definition) is 5. The third-order valence-electron chi connectivity index (χ3n) is 7.36. The van der Waals surface area contributed by atoms with Crippen molar-refractivity contribution in [1.29, 1.82) is 0 Å². The van der Waals surface area contributed by atoms with E-state index in [1.807, 2.05) is 42.5 Å². The number of benzene rings is 3. The number of halogens is 3. The van der Waals surface area contributed by atoms with Crippen molar-refractivity contribution in [2.24, 2.45) is 0 Å². The summed E-state index contributed by atoms with van der Waals surface area (Å²) in [6, 6.07) is 20.0. The van der Waals surface area contributed by atoms with Crippen molar-refractivity contribution in [3.63, 3.8) is 0 Å². The number of nitrogens with zero attached hydrogens (tertiary/aromatic N) is 3. The van der Waals surface area contributed by atoms with Gasteiger partial charge in [-0.3, -0.25) is 9.59 Å². The number of imidazole rings is 2. The largest absolute Gasteiger partial charge is 0.449 e. The van der Waals surface area contributed by atoms with Crippen molar-refractivity contribution < 1.29 is 22.8 Å². The first-order valence-corrected chi connectivity index (χ1v) is 14.1. The number of aromatic nitrogens is 4. The Morgan fingerprint density at radius 2 is 1.71 bits per heavy atom. The van der Waals surface area contributed by atoms with Gasteiger partial charge in [0.05, 0.1) is 29.0 Å². The highest BCUT2D eigenvalue weighted by atomic mass is 19.4. The Morgan fingerprint density at radius 3 is 2.50 bits per heavy atom. The lowest BCUT2D eigenvalue weighted by Crippen LogP contribution is -2.29. The summed E-state index contributed by atoms with van der Waals surface area (Å²) in [4.78, 5) is 36.3. The summed E-state index contributed by atoms with van der Waals surface area (Å²) in [7, 11) is 0. The zero-order chi connectivity index (χ0) is 29.7. The van der Waals surface area contributed by atoms with Gasteiger partial charge in [-0.15, -0.1) is 0 Å². The topological polar surface area (TPSA) is 92.7 Å². The van der Waals surface area contributed by atoms with Crippen LogP contribution in [0.5, 0.6) is 0 Å². The van der Waals surface area contributed by atoms with Crippen LogP contribution < -0.4 is 5.32 Å². The Hall–Kier alpha value is -4.31. The molecule has 2 aromatic heterocycles. The molecule has 2 N–H and O–H groups in total. The van der Waals surface area contributed by atoms with E-state index in [1.54, 1.807) is 37.4 Å². The van der Waals surface area contributed by atoms with Crippen LogP contribution in [0.15, 0.2) is 72.9 Å². The highest BCUT2D eigenvalue weighted by Gasteiger charge is 2.37. The molecule has 0 fully saturated rings. The fourth-order valence-electron chi connectivity index (χ4n) is 5.14. The third-order valence-corrected chi connectivity index (χ3v) is 7.36. The minimum Gasteiger partial charge on any atom is -0.341 e. The number of carbonyl (C=O) groups excluding carboxylic acids is 2. The molecule has 10 heteroatoms. The molecule has 0 unspecified atom stereocenters. The number of Topliss-reactive ketones (excluding diaryl/α,β-unsaturated/α-hetero) is 2. The SMILES string of the molecule is CCC(=O)CCCC(=O)C[C@H](NCCn1c(C(F)(F)F)nc2ccccc21)c1ncc(-c2ccc3ccccc3c2)[nH]1. The van der Waals surface area contributed by atoms with Crippen LogP contribution in [0.3, 0.4) is 0 Å². The number of nitrogens with one attached hydrogen (secondary N) is 2. The quantitative estimate of drug-likeness (QED) is 0.157. The van der Waals surface area contributed by atoms with Gasteiger partial charge >= 0.3 is 6.18 Å². The van der Waals surface area contributed by atoms with Crippen LogP contribution >= 0.6 is 0 Å². The average molecular weight is 576 g/mol. The van der Waals surface area contributed by atoms with Gasteiger partial charge in [0.15, 0.2) is 0 Å². The van der Waals surface area contributed by atoms with E-state index in [-0.39, 0.29) is 43.0 Å². The third kappa shape index (κ3) is 6.76. The number of hydrogen-bond donors (Lipinski definition) is 2. The first-order valence-electron chi connectivity index (χ1n) is 14.1. The molecule has 0 spiro atoms. The minimum absolute atomic E-state index is 0.0106. The minimum atomic E-state index is -4.61. The molecule has 42 heavy (non-hydrogen) atoms. The summed E-state index contributed by atoms with van der Waals surface area (Å²) in [5.74, 6) is -0.390. The van der Waals surface area contributed by atoms with Gasteiger partial charge in [-0.1, -0.05) is 55.5 Å². The number of carbonyl (C=O) groups is 2. The first kappa shape index (κ1) is 29.2. The molecule has 5 aromatic rings. The second kappa shape index (κ2) is 12.7. The smallest absolute Gasteiger partial charge is 0.341 e. The predicted octanol–water partition coefficient (Wildman–Crippen LogP) is 7.04. The van der Waals surface area contributed by atoms with Crippen LogP contribution in [0.25, 0.3) is 33.1 Å². The highest BCUT2D eigenvalue weighted by Crippen LogP contribution is 2.31. The van der Waals surface area contributed by atoms with E-state index in [4.69, 9.17) is 0 Å². The van der Waals surface area contributed by atoms with E-state index in [0.29, 0.717) is 30.6 Å². The Kier molecular flexibility index (Phi) is 8.82. The predicted molar refractivity (Wildman–Crippen MR) is 156 cm³/mol. The second-order valence-electron chi connectivity index (χ2n) is 10.3. The van der Waals surface area contributed by atoms with E-state index in [1.165, 1.54) is 0 Å². The normalized spacial score (nSPS) is 12.7. The maximum atomic E-state index is 13.8. The zero-order valence-electron chi connectivity index (χ0n) is 23.2. The average Bonchev–Trinajstić information content (AvgIpc) is 3.62. The fourth-order valence-corrected chi connectivity index (χ4v) is 5.14. The van der Waals surface area contributed by atoms with E-state index in [0.717, 1.165) is 26.6 Å². The van der Waals surface area contributed by atoms with Crippen LogP contribution in [0.1, 0.15) is 56.7 Å². The van der Waals surface area contributed by atoms with Crippen LogP contribution in [0, 0.1) is 0 Å². The van der Waals surface area contributed by atoms with E-state index in [9.17, 15) is 22.8 Å². The molecule has 1 atom stereocenters. The molecule has 0 aliphatic carbocycles. The van der Waals surface area contributed by atoms with Crippen LogP contribution in [-0.2, 0) is 22.3 Å². The summed E-state index contributed by atoms with van der Waals surface area (Å²) >= 11 is 0.